The second-order valence-electron chi connectivity index (χ2n) is 19.6. The third-order valence-corrected chi connectivity index (χ3v) is 14.5. The Labute approximate surface area is 439 Å². The van der Waals surface area contributed by atoms with Gasteiger partial charge in [0, 0.05) is 0 Å². The highest BCUT2D eigenvalue weighted by Crippen LogP contribution is 2.37. The third kappa shape index (κ3) is 12.9. The largest absolute Gasteiger partial charge is 0.394 e. The minimum absolute atomic E-state index is 0.843. The quantitative estimate of drug-likeness (QED) is 0.0571. The zero-order chi connectivity index (χ0) is 57.3. The molecule has 7 rings (SSSR count). The van der Waals surface area contributed by atoms with Gasteiger partial charge < -0.3 is 179 Å². The molecule has 0 spiro atoms. The van der Waals surface area contributed by atoms with Crippen LogP contribution in [0.1, 0.15) is 0 Å². The fourth-order valence-electron chi connectivity index (χ4n) is 10.0. The number of hydrogen-bond acceptors (Lipinski definition) is 36. The van der Waals surface area contributed by atoms with Crippen LogP contribution < -0.4 is 0 Å². The summed E-state index contributed by atoms with van der Waals surface area (Å²) in [5.74, 6) is 0. The highest BCUT2D eigenvalue weighted by molar-refractivity contribution is 5.01. The van der Waals surface area contributed by atoms with E-state index in [0.717, 1.165) is 0 Å². The van der Waals surface area contributed by atoms with Crippen LogP contribution in [0.15, 0.2) is 0 Å². The maximum atomic E-state index is 11.3. The van der Waals surface area contributed by atoms with E-state index < -0.39 is 261 Å². The maximum absolute atomic E-state index is 11.3. The normalized spacial score (nSPS) is 53.5. The second kappa shape index (κ2) is 27.5. The molecule has 0 aromatic rings. The first-order valence-corrected chi connectivity index (χ1v) is 24.7. The Morgan fingerprint density at radius 1 is 0.192 bits per heavy atom. The molecule has 0 aromatic heterocycles. The molecule has 7 aliphatic heterocycles. The molecule has 456 valence electrons. The van der Waals surface area contributed by atoms with Crippen LogP contribution in [0.5, 0.6) is 0 Å². The molecule has 78 heavy (non-hydrogen) atoms. The summed E-state index contributed by atoms with van der Waals surface area (Å²) < 4.78 is 71.9. The molecular formula is C42H72O36. The number of aliphatic hydroxyl groups excluding tert-OH is 23. The van der Waals surface area contributed by atoms with Gasteiger partial charge in [-0.1, -0.05) is 0 Å². The van der Waals surface area contributed by atoms with Crippen molar-refractivity contribution < 1.29 is 179 Å². The van der Waals surface area contributed by atoms with Crippen LogP contribution in [0.2, 0.25) is 0 Å². The lowest BCUT2D eigenvalue weighted by Crippen LogP contribution is -2.68. The summed E-state index contributed by atoms with van der Waals surface area (Å²) in [6.45, 7) is -6.86. The molecule has 0 unspecified atom stereocenters. The minimum Gasteiger partial charge on any atom is -0.394 e. The Bertz CT molecular complexity index is 1810. The fourth-order valence-corrected chi connectivity index (χ4v) is 10.0. The maximum Gasteiger partial charge on any atom is 0.187 e. The fraction of sp³-hybridized carbons (Fsp3) is 1.00. The monoisotopic (exact) mass is 1150 g/mol. The Kier molecular flexibility index (Phi) is 22.6. The van der Waals surface area contributed by atoms with Crippen LogP contribution in [-0.2, 0) is 61.6 Å². The molecule has 0 saturated carbocycles. The summed E-state index contributed by atoms with van der Waals surface area (Å²) in [5, 5.41) is 243. The van der Waals surface area contributed by atoms with E-state index in [-0.39, 0.29) is 0 Å². The molecule has 0 radical (unpaired) electrons. The second-order valence-corrected chi connectivity index (χ2v) is 19.6. The molecular weight excluding hydrogens is 1080 g/mol. The number of ether oxygens (including phenoxy) is 13. The van der Waals surface area contributed by atoms with E-state index in [1.54, 1.807) is 0 Å². The lowest BCUT2D eigenvalue weighted by Gasteiger charge is -2.50. The molecule has 23 N–H and O–H groups in total. The number of hydrogen-bond donors (Lipinski definition) is 23. The highest BCUT2D eigenvalue weighted by Gasteiger charge is 2.58. The molecule has 7 aliphatic rings. The SMILES string of the molecule is OC[C@H]1O[C@@H](O[C@H]2[C@H](O)[C@@H](O)[C@H](O[C@H]3[C@H](O)[C@@H](O)[C@H](O[C@H]4[C@H](O)[C@@H](O)[C@H](O[C@H]5[C@H](O)[C@@H](O)[C@H](O[C@H]6[C@H](O)[C@@H](O)[C@H](O[C@H]7[C@H](O)[C@@H](O)[C@H](O)O[C@@H]7CO)O[C@@H]6CO)O[C@@H]5CO)O[C@@H]4CO)O[C@@H]3CO)O[C@@H]2CO)[C@H](O)[C@@H](O)[C@@H]1O. The predicted molar refractivity (Wildman–Crippen MR) is 232 cm³/mol. The summed E-state index contributed by atoms with van der Waals surface area (Å²) >= 11 is 0. The van der Waals surface area contributed by atoms with E-state index in [1.807, 2.05) is 0 Å². The van der Waals surface area contributed by atoms with Crippen molar-refractivity contribution in [2.75, 3.05) is 46.2 Å². The van der Waals surface area contributed by atoms with Gasteiger partial charge in [0.15, 0.2) is 44.0 Å². The van der Waals surface area contributed by atoms with Gasteiger partial charge >= 0.3 is 0 Å². The number of rotatable bonds is 19. The van der Waals surface area contributed by atoms with E-state index in [9.17, 15) is 117 Å². The molecule has 0 amide bonds. The van der Waals surface area contributed by atoms with Gasteiger partial charge in [-0.2, -0.15) is 0 Å². The van der Waals surface area contributed by atoms with Gasteiger partial charge in [-0.05, 0) is 0 Å². The first-order valence-electron chi connectivity index (χ1n) is 24.7. The van der Waals surface area contributed by atoms with Crippen molar-refractivity contribution in [2.24, 2.45) is 0 Å². The van der Waals surface area contributed by atoms with Crippen molar-refractivity contribution in [2.45, 2.75) is 215 Å². The van der Waals surface area contributed by atoms with Crippen LogP contribution in [-0.4, -0.2) is 379 Å². The molecule has 7 fully saturated rings. The van der Waals surface area contributed by atoms with Crippen molar-refractivity contribution >= 4 is 0 Å². The molecule has 7 heterocycles. The van der Waals surface area contributed by atoms with Crippen molar-refractivity contribution in [3.8, 4) is 0 Å². The van der Waals surface area contributed by atoms with Crippen molar-refractivity contribution in [1.82, 2.24) is 0 Å². The van der Waals surface area contributed by atoms with E-state index >= 15 is 0 Å². The van der Waals surface area contributed by atoms with Crippen molar-refractivity contribution in [3.05, 3.63) is 0 Å². The average Bonchev–Trinajstić information content (AvgIpc) is 3.44. The van der Waals surface area contributed by atoms with Crippen LogP contribution in [0, 0.1) is 0 Å². The van der Waals surface area contributed by atoms with Gasteiger partial charge in [-0.15, -0.1) is 0 Å². The minimum atomic E-state index is -2.23. The van der Waals surface area contributed by atoms with Crippen LogP contribution >= 0.6 is 0 Å². The zero-order valence-corrected chi connectivity index (χ0v) is 40.8. The van der Waals surface area contributed by atoms with Gasteiger partial charge in [0.1, 0.15) is 171 Å². The van der Waals surface area contributed by atoms with E-state index in [1.165, 1.54) is 0 Å². The van der Waals surface area contributed by atoms with Gasteiger partial charge in [-0.25, -0.2) is 0 Å². The predicted octanol–water partition coefficient (Wildman–Crippen LogP) is -16.3. The lowest BCUT2D eigenvalue weighted by atomic mass is 9.95. The van der Waals surface area contributed by atoms with E-state index in [0.29, 0.717) is 0 Å². The highest BCUT2D eigenvalue weighted by atomic mass is 16.8. The molecule has 0 aromatic carbocycles. The molecule has 35 atom stereocenters. The van der Waals surface area contributed by atoms with E-state index in [2.05, 4.69) is 0 Å². The summed E-state index contributed by atoms with van der Waals surface area (Å²) in [6.07, 6.45) is -67.4. The van der Waals surface area contributed by atoms with Gasteiger partial charge in [-0.3, -0.25) is 0 Å². The van der Waals surface area contributed by atoms with Crippen LogP contribution in [0.3, 0.4) is 0 Å². The van der Waals surface area contributed by atoms with Crippen LogP contribution in [0.4, 0.5) is 0 Å². The molecule has 7 saturated heterocycles. The Hall–Kier alpha value is -1.44. The standard InChI is InChI=1S/C42H72O36/c43-1-8-15(50)16(51)24(59)37(67-8)74-31-10(3-45)69-39(26(61)18(31)53)76-33-12(5-47)71-41(28(63)20(33)55)78-35-14(7-49)72-42(29(64)22(35)57)77-34-13(6-48)70-40(27(62)21(34)56)75-32-11(4-46)68-38(25(60)19(32)54)73-30-9(2-44)66-36(65)23(58)17(30)52/h8-65H,1-7H2/t8-,9-,10-,11-,12-,13-,14-,15-,16+,17-,18-,19-,20-,21-,22-,23-,24-,25-,26-,27-,28-,29-,30-,31-,32-,33-,34-,35-,36-,37+,38+,39+,40+,41+,42+/m1/s1. The molecule has 36 nitrogen and oxygen atoms in total. The topological polar surface area (TPSA) is 585 Å². The van der Waals surface area contributed by atoms with E-state index in [4.69, 9.17) is 61.6 Å². The smallest absolute Gasteiger partial charge is 0.187 e. The van der Waals surface area contributed by atoms with Crippen LogP contribution in [0.25, 0.3) is 0 Å². The lowest BCUT2D eigenvalue weighted by molar-refractivity contribution is -0.398. The van der Waals surface area contributed by atoms with Gasteiger partial charge in [0.05, 0.1) is 46.2 Å². The Morgan fingerprint density at radius 2 is 0.372 bits per heavy atom. The average molecular weight is 1150 g/mol. The number of aliphatic hydroxyl groups is 23. The summed E-state index contributed by atoms with van der Waals surface area (Å²) in [6, 6.07) is 0. The molecule has 36 heteroatoms. The first kappa shape index (κ1) is 64.1. The molecule has 0 bridgehead atoms. The zero-order valence-electron chi connectivity index (χ0n) is 40.8. The van der Waals surface area contributed by atoms with Gasteiger partial charge in [0.2, 0.25) is 0 Å². The molecule has 0 aliphatic carbocycles. The van der Waals surface area contributed by atoms with Crippen molar-refractivity contribution in [3.63, 3.8) is 0 Å². The van der Waals surface area contributed by atoms with Crippen molar-refractivity contribution in [1.29, 1.82) is 0 Å². The summed E-state index contributed by atoms with van der Waals surface area (Å²) in [4.78, 5) is 0. The Morgan fingerprint density at radius 3 is 0.590 bits per heavy atom. The first-order chi connectivity index (χ1) is 37.0. The summed E-state index contributed by atoms with van der Waals surface area (Å²) in [5.41, 5.74) is 0. The third-order valence-electron chi connectivity index (χ3n) is 14.5. The summed E-state index contributed by atoms with van der Waals surface area (Å²) in [7, 11) is 0. The Balaban J connectivity index is 0.947. The van der Waals surface area contributed by atoms with Gasteiger partial charge in [0.25, 0.3) is 0 Å².